The van der Waals surface area contributed by atoms with Gasteiger partial charge in [-0.3, -0.25) is 14.6 Å². The van der Waals surface area contributed by atoms with E-state index in [1.54, 1.807) is 42.5 Å². The molecule has 0 unspecified atom stereocenters. The molecule has 3 rings (SSSR count). The first kappa shape index (κ1) is 23.4. The van der Waals surface area contributed by atoms with E-state index in [9.17, 15) is 18.0 Å². The summed E-state index contributed by atoms with van der Waals surface area (Å²) >= 11 is 5.92. The fraction of sp³-hybridized carbons (Fsp3) is 0.136. The lowest BCUT2D eigenvalue weighted by atomic mass is 10.2. The van der Waals surface area contributed by atoms with E-state index < -0.39 is 10.0 Å². The molecule has 166 valence electrons. The van der Waals surface area contributed by atoms with Gasteiger partial charge in [0.15, 0.2) is 0 Å². The van der Waals surface area contributed by atoms with Crippen molar-refractivity contribution in [2.75, 3.05) is 11.9 Å². The molecule has 0 aliphatic carbocycles. The highest BCUT2D eigenvalue weighted by Crippen LogP contribution is 2.20. The second kappa shape index (κ2) is 10.9. The van der Waals surface area contributed by atoms with Gasteiger partial charge in [0.05, 0.1) is 5.02 Å². The van der Waals surface area contributed by atoms with Crippen molar-refractivity contribution < 1.29 is 18.0 Å². The fourth-order valence-corrected chi connectivity index (χ4v) is 4.34. The highest BCUT2D eigenvalue weighted by molar-refractivity contribution is 7.89. The second-order valence-electron chi connectivity index (χ2n) is 6.75. The molecule has 0 fully saturated rings. The molecule has 0 saturated carbocycles. The topological polar surface area (TPSA) is 117 Å². The van der Waals surface area contributed by atoms with E-state index in [0.717, 1.165) is 5.56 Å². The predicted molar refractivity (Wildman–Crippen MR) is 122 cm³/mol. The molecule has 2 amide bonds. The summed E-state index contributed by atoms with van der Waals surface area (Å²) in [6.07, 6.45) is 3.03. The number of pyridine rings is 1. The largest absolute Gasteiger partial charge is 0.352 e. The monoisotopic (exact) mass is 472 g/mol. The number of hydrogen-bond donors (Lipinski definition) is 3. The molecule has 32 heavy (non-hydrogen) atoms. The molecule has 10 heteroatoms. The SMILES string of the molecule is O=C(CCNS(=O)(=O)c1ccccc1Cl)NCc1cccc(NC(=O)c2ccncc2)c1. The third-order valence-corrected chi connectivity index (χ3v) is 6.35. The minimum Gasteiger partial charge on any atom is -0.352 e. The zero-order valence-electron chi connectivity index (χ0n) is 16.9. The van der Waals surface area contributed by atoms with Crippen molar-refractivity contribution in [1.82, 2.24) is 15.0 Å². The van der Waals surface area contributed by atoms with E-state index in [4.69, 9.17) is 11.6 Å². The third-order valence-electron chi connectivity index (χ3n) is 4.39. The van der Waals surface area contributed by atoms with Gasteiger partial charge in [-0.05, 0) is 42.0 Å². The first-order valence-corrected chi connectivity index (χ1v) is 11.5. The van der Waals surface area contributed by atoms with Crippen LogP contribution in [0.15, 0.2) is 78.0 Å². The third kappa shape index (κ3) is 6.61. The number of halogens is 1. The van der Waals surface area contributed by atoms with Crippen molar-refractivity contribution in [2.45, 2.75) is 17.9 Å². The Morgan fingerprint density at radius 1 is 0.969 bits per heavy atom. The van der Waals surface area contributed by atoms with Crippen molar-refractivity contribution >= 4 is 39.1 Å². The number of hydrogen-bond acceptors (Lipinski definition) is 5. The van der Waals surface area contributed by atoms with Crippen LogP contribution < -0.4 is 15.4 Å². The Balaban J connectivity index is 1.47. The number of amides is 2. The number of nitrogens with one attached hydrogen (secondary N) is 3. The molecule has 0 radical (unpaired) electrons. The first-order chi connectivity index (χ1) is 15.3. The van der Waals surface area contributed by atoms with Gasteiger partial charge in [0.1, 0.15) is 4.90 Å². The minimum absolute atomic E-state index is 0.0345. The van der Waals surface area contributed by atoms with Crippen LogP contribution in [0.4, 0.5) is 5.69 Å². The van der Waals surface area contributed by atoms with Gasteiger partial charge in [0.2, 0.25) is 15.9 Å². The molecular weight excluding hydrogens is 452 g/mol. The van der Waals surface area contributed by atoms with Crippen LogP contribution in [-0.4, -0.2) is 31.8 Å². The van der Waals surface area contributed by atoms with Gasteiger partial charge >= 0.3 is 0 Å². The van der Waals surface area contributed by atoms with Crippen molar-refractivity contribution in [3.63, 3.8) is 0 Å². The molecule has 0 saturated heterocycles. The van der Waals surface area contributed by atoms with Gasteiger partial charge in [0, 0.05) is 43.2 Å². The molecule has 0 atom stereocenters. The highest BCUT2D eigenvalue weighted by Gasteiger charge is 2.17. The number of benzene rings is 2. The van der Waals surface area contributed by atoms with E-state index in [1.807, 2.05) is 6.07 Å². The Morgan fingerprint density at radius 3 is 2.47 bits per heavy atom. The average molecular weight is 473 g/mol. The molecule has 3 aromatic rings. The lowest BCUT2D eigenvalue weighted by molar-refractivity contribution is -0.121. The zero-order valence-corrected chi connectivity index (χ0v) is 18.5. The van der Waals surface area contributed by atoms with E-state index in [-0.39, 0.29) is 41.2 Å². The quantitative estimate of drug-likeness (QED) is 0.442. The Hall–Kier alpha value is -3.27. The summed E-state index contributed by atoms with van der Waals surface area (Å²) in [6, 6.07) is 16.4. The van der Waals surface area contributed by atoms with Crippen molar-refractivity contribution in [3.05, 3.63) is 89.2 Å². The number of rotatable bonds is 9. The number of sulfonamides is 1. The smallest absolute Gasteiger partial charge is 0.255 e. The average Bonchev–Trinajstić information content (AvgIpc) is 2.78. The molecule has 3 N–H and O–H groups in total. The van der Waals surface area contributed by atoms with Crippen LogP contribution in [0.5, 0.6) is 0 Å². The molecule has 8 nitrogen and oxygen atoms in total. The first-order valence-electron chi connectivity index (χ1n) is 9.66. The van der Waals surface area contributed by atoms with E-state index in [0.29, 0.717) is 11.3 Å². The molecule has 2 aromatic carbocycles. The van der Waals surface area contributed by atoms with E-state index >= 15 is 0 Å². The van der Waals surface area contributed by atoms with Crippen LogP contribution in [0.2, 0.25) is 5.02 Å². The summed E-state index contributed by atoms with van der Waals surface area (Å²) in [5.41, 5.74) is 1.85. The van der Waals surface area contributed by atoms with Crippen molar-refractivity contribution in [2.24, 2.45) is 0 Å². The van der Waals surface area contributed by atoms with Crippen molar-refractivity contribution in [3.8, 4) is 0 Å². The van der Waals surface area contributed by atoms with Crippen LogP contribution in [0.1, 0.15) is 22.3 Å². The maximum absolute atomic E-state index is 12.3. The molecule has 0 spiro atoms. The lowest BCUT2D eigenvalue weighted by Gasteiger charge is -2.10. The Bertz CT molecular complexity index is 1200. The van der Waals surface area contributed by atoms with Crippen LogP contribution in [0, 0.1) is 0 Å². The van der Waals surface area contributed by atoms with E-state index in [2.05, 4.69) is 20.3 Å². The summed E-state index contributed by atoms with van der Waals surface area (Å²) in [5.74, 6) is -0.586. The maximum atomic E-state index is 12.3. The number of carbonyl (C=O) groups excluding carboxylic acids is 2. The summed E-state index contributed by atoms with van der Waals surface area (Å²) in [7, 11) is -3.80. The maximum Gasteiger partial charge on any atom is 0.255 e. The highest BCUT2D eigenvalue weighted by atomic mass is 35.5. The lowest BCUT2D eigenvalue weighted by Crippen LogP contribution is -2.30. The zero-order chi connectivity index (χ0) is 23.0. The number of anilines is 1. The van der Waals surface area contributed by atoms with Gasteiger partial charge in [-0.1, -0.05) is 35.9 Å². The summed E-state index contributed by atoms with van der Waals surface area (Å²) in [5, 5.41) is 5.63. The summed E-state index contributed by atoms with van der Waals surface area (Å²) < 4.78 is 26.9. The number of carbonyl (C=O) groups is 2. The Labute approximate surface area is 191 Å². The standard InChI is InChI=1S/C22H21ClN4O4S/c23-19-6-1-2-7-20(19)32(30,31)26-13-10-21(28)25-15-16-4-3-5-18(14-16)27-22(29)17-8-11-24-12-9-17/h1-9,11-12,14,26H,10,13,15H2,(H,25,28)(H,27,29). The molecule has 1 aromatic heterocycles. The van der Waals surface area contributed by atoms with Crippen LogP contribution >= 0.6 is 11.6 Å². The summed E-state index contributed by atoms with van der Waals surface area (Å²) in [6.45, 7) is 0.163. The Kier molecular flexibility index (Phi) is 7.93. The normalized spacial score (nSPS) is 11.0. The van der Waals surface area contributed by atoms with Crippen LogP contribution in [0.25, 0.3) is 0 Å². The van der Waals surface area contributed by atoms with Gasteiger partial charge in [-0.2, -0.15) is 0 Å². The van der Waals surface area contributed by atoms with E-state index in [1.165, 1.54) is 24.5 Å². The fourth-order valence-electron chi connectivity index (χ4n) is 2.79. The number of nitrogens with zero attached hydrogens (tertiary/aromatic N) is 1. The van der Waals surface area contributed by atoms with Crippen molar-refractivity contribution in [1.29, 1.82) is 0 Å². The number of aromatic nitrogens is 1. The predicted octanol–water partition coefficient (Wildman–Crippen LogP) is 2.97. The van der Waals surface area contributed by atoms with Gasteiger partial charge in [-0.25, -0.2) is 13.1 Å². The van der Waals surface area contributed by atoms with Crippen LogP contribution in [0.3, 0.4) is 0 Å². The Morgan fingerprint density at radius 2 is 1.72 bits per heavy atom. The summed E-state index contributed by atoms with van der Waals surface area (Å²) in [4.78, 5) is 28.2. The molecule has 1 heterocycles. The molecule has 0 aliphatic rings. The molecule has 0 bridgehead atoms. The minimum atomic E-state index is -3.80. The second-order valence-corrected chi connectivity index (χ2v) is 8.89. The van der Waals surface area contributed by atoms with Gasteiger partial charge in [-0.15, -0.1) is 0 Å². The van der Waals surface area contributed by atoms with Gasteiger partial charge in [0.25, 0.3) is 5.91 Å². The van der Waals surface area contributed by atoms with Gasteiger partial charge < -0.3 is 10.6 Å². The van der Waals surface area contributed by atoms with Crippen LogP contribution in [-0.2, 0) is 21.4 Å². The molecular formula is C22H21ClN4O4S. The molecule has 0 aliphatic heterocycles.